The molecule has 0 bridgehead atoms. The molecule has 2 N–H and O–H groups in total. The lowest BCUT2D eigenvalue weighted by Crippen LogP contribution is -2.22. The maximum Gasteiger partial charge on any atom is 0.326 e. The third-order valence-corrected chi connectivity index (χ3v) is 2.62. The van der Waals surface area contributed by atoms with Crippen LogP contribution in [-0.2, 0) is 4.79 Å². The van der Waals surface area contributed by atoms with Crippen molar-refractivity contribution in [2.24, 2.45) is 0 Å². The minimum atomic E-state index is -0.475. The van der Waals surface area contributed by atoms with Gasteiger partial charge in [-0.2, -0.15) is 0 Å². The highest BCUT2D eigenvalue weighted by Gasteiger charge is 2.22. The maximum absolute atomic E-state index is 11.2. The summed E-state index contributed by atoms with van der Waals surface area (Å²) in [5, 5.41) is 4.57. The Morgan fingerprint density at radius 3 is 2.27 bits per heavy atom. The van der Waals surface area contributed by atoms with Crippen LogP contribution in [0.2, 0.25) is 0 Å². The van der Waals surface area contributed by atoms with Crippen LogP contribution in [0.4, 0.5) is 4.79 Å². The summed E-state index contributed by atoms with van der Waals surface area (Å²) in [5.41, 5.74) is 1.16. The molecule has 3 amide bonds. The molecule has 1 aromatic carbocycles. The Labute approximate surface area is 99.9 Å². The van der Waals surface area contributed by atoms with E-state index in [0.29, 0.717) is 0 Å². The predicted octanol–water partition coefficient (Wildman–Crippen LogP) is 1.47. The number of carbonyl (C=O) groups is 2. The standard InChI is InChI=1S/C10H7IN2O2/c11-7-3-1-6(2-4-7)5-8-9(14)13-10(15)12-8/h1-5H,(H2,12,13,14,15). The van der Waals surface area contributed by atoms with Gasteiger partial charge in [-0.05, 0) is 46.4 Å². The Morgan fingerprint density at radius 2 is 1.73 bits per heavy atom. The number of rotatable bonds is 1. The number of amides is 3. The van der Waals surface area contributed by atoms with Gasteiger partial charge < -0.3 is 5.32 Å². The van der Waals surface area contributed by atoms with Crippen LogP contribution in [0.3, 0.4) is 0 Å². The van der Waals surface area contributed by atoms with Gasteiger partial charge in [0.15, 0.2) is 0 Å². The Morgan fingerprint density at radius 1 is 1.07 bits per heavy atom. The topological polar surface area (TPSA) is 58.2 Å². The van der Waals surface area contributed by atoms with Crippen LogP contribution < -0.4 is 10.6 Å². The first-order valence-corrected chi connectivity index (χ1v) is 5.32. The van der Waals surface area contributed by atoms with Gasteiger partial charge in [0, 0.05) is 3.57 Å². The molecule has 2 rings (SSSR count). The van der Waals surface area contributed by atoms with Crippen molar-refractivity contribution in [3.05, 3.63) is 39.1 Å². The lowest BCUT2D eigenvalue weighted by Gasteiger charge is -1.96. The molecule has 0 saturated carbocycles. The van der Waals surface area contributed by atoms with Crippen LogP contribution in [0.15, 0.2) is 30.0 Å². The van der Waals surface area contributed by atoms with Gasteiger partial charge in [-0.1, -0.05) is 12.1 Å². The molecule has 0 radical (unpaired) electrons. The van der Waals surface area contributed by atoms with E-state index < -0.39 is 11.9 Å². The number of carbonyl (C=O) groups excluding carboxylic acids is 2. The van der Waals surface area contributed by atoms with Gasteiger partial charge in [0.1, 0.15) is 5.70 Å². The van der Waals surface area contributed by atoms with Crippen LogP contribution in [-0.4, -0.2) is 11.9 Å². The first kappa shape index (κ1) is 10.2. The minimum Gasteiger partial charge on any atom is -0.303 e. The van der Waals surface area contributed by atoms with Gasteiger partial charge in [0.2, 0.25) is 0 Å². The van der Waals surface area contributed by atoms with Gasteiger partial charge >= 0.3 is 6.03 Å². The number of halogens is 1. The summed E-state index contributed by atoms with van der Waals surface area (Å²) in [6.45, 7) is 0. The molecule has 1 heterocycles. The van der Waals surface area contributed by atoms with Gasteiger partial charge in [0.25, 0.3) is 5.91 Å². The summed E-state index contributed by atoms with van der Waals surface area (Å²) >= 11 is 2.20. The molecular weight excluding hydrogens is 307 g/mol. The van der Waals surface area contributed by atoms with Crippen molar-refractivity contribution in [3.8, 4) is 0 Å². The molecule has 1 fully saturated rings. The van der Waals surface area contributed by atoms with Crippen LogP contribution in [0, 0.1) is 3.57 Å². The predicted molar refractivity (Wildman–Crippen MR) is 63.8 cm³/mol. The second-order valence-corrected chi connectivity index (χ2v) is 4.26. The Hall–Kier alpha value is -1.37. The van der Waals surface area contributed by atoms with Crippen LogP contribution in [0.25, 0.3) is 6.08 Å². The van der Waals surface area contributed by atoms with E-state index in [-0.39, 0.29) is 5.70 Å². The lowest BCUT2D eigenvalue weighted by molar-refractivity contribution is -0.115. The van der Waals surface area contributed by atoms with Crippen molar-refractivity contribution in [1.29, 1.82) is 0 Å². The van der Waals surface area contributed by atoms with Crippen LogP contribution >= 0.6 is 22.6 Å². The largest absolute Gasteiger partial charge is 0.326 e. The monoisotopic (exact) mass is 314 g/mol. The molecule has 5 heteroatoms. The summed E-state index contributed by atoms with van der Waals surface area (Å²) in [4.78, 5) is 22.0. The molecule has 0 unspecified atom stereocenters. The molecule has 15 heavy (non-hydrogen) atoms. The molecular formula is C10H7IN2O2. The van der Waals surface area contributed by atoms with Gasteiger partial charge in [-0.3, -0.25) is 10.1 Å². The zero-order valence-electron chi connectivity index (χ0n) is 7.58. The number of hydrogen-bond donors (Lipinski definition) is 2. The average Bonchev–Trinajstić information content (AvgIpc) is 2.49. The summed E-state index contributed by atoms with van der Waals surface area (Å²) in [6, 6.07) is 7.15. The van der Waals surface area contributed by atoms with Crippen molar-refractivity contribution < 1.29 is 9.59 Å². The number of benzene rings is 1. The van der Waals surface area contributed by atoms with Gasteiger partial charge in [-0.15, -0.1) is 0 Å². The molecule has 1 saturated heterocycles. The van der Waals surface area contributed by atoms with Gasteiger partial charge in [0.05, 0.1) is 0 Å². The third kappa shape index (κ3) is 2.35. The molecule has 0 aromatic heterocycles. The molecule has 1 aliphatic rings. The zero-order chi connectivity index (χ0) is 10.8. The van der Waals surface area contributed by atoms with E-state index in [1.807, 2.05) is 24.3 Å². The van der Waals surface area contributed by atoms with E-state index in [2.05, 4.69) is 33.2 Å². The molecule has 0 aliphatic carbocycles. The number of nitrogens with one attached hydrogen (secondary N) is 2. The molecule has 4 nitrogen and oxygen atoms in total. The van der Waals surface area contributed by atoms with Crippen LogP contribution in [0.5, 0.6) is 0 Å². The summed E-state index contributed by atoms with van der Waals surface area (Å²) in [5.74, 6) is -0.390. The van der Waals surface area contributed by atoms with E-state index in [1.54, 1.807) is 6.08 Å². The first-order chi connectivity index (χ1) is 7.15. The van der Waals surface area contributed by atoms with E-state index in [4.69, 9.17) is 0 Å². The Kier molecular flexibility index (Phi) is 2.72. The fourth-order valence-electron chi connectivity index (χ4n) is 1.21. The quantitative estimate of drug-likeness (QED) is 0.468. The van der Waals surface area contributed by atoms with E-state index in [1.165, 1.54) is 0 Å². The van der Waals surface area contributed by atoms with Crippen molar-refractivity contribution >= 4 is 40.6 Å². The molecule has 0 spiro atoms. The molecule has 1 aromatic rings. The lowest BCUT2D eigenvalue weighted by atomic mass is 10.2. The Balaban J connectivity index is 2.27. The van der Waals surface area contributed by atoms with Crippen LogP contribution in [0.1, 0.15) is 5.56 Å². The Bertz CT molecular complexity index is 451. The second-order valence-electron chi connectivity index (χ2n) is 3.02. The van der Waals surface area contributed by atoms with Gasteiger partial charge in [-0.25, -0.2) is 4.79 Å². The minimum absolute atomic E-state index is 0.279. The normalized spacial score (nSPS) is 17.8. The summed E-state index contributed by atoms with van der Waals surface area (Å²) < 4.78 is 1.12. The number of urea groups is 1. The first-order valence-electron chi connectivity index (χ1n) is 4.25. The second kappa shape index (κ2) is 4.01. The number of imide groups is 1. The summed E-state index contributed by atoms with van der Waals surface area (Å²) in [6.07, 6.45) is 1.64. The average molecular weight is 314 g/mol. The molecule has 1 aliphatic heterocycles. The fraction of sp³-hybridized carbons (Fsp3) is 0. The smallest absolute Gasteiger partial charge is 0.303 e. The zero-order valence-corrected chi connectivity index (χ0v) is 9.74. The van der Waals surface area contributed by atoms with E-state index >= 15 is 0 Å². The SMILES string of the molecule is O=C1NC(=O)C(=Cc2ccc(I)cc2)N1. The number of hydrogen-bond acceptors (Lipinski definition) is 2. The fourth-order valence-corrected chi connectivity index (χ4v) is 1.57. The highest BCUT2D eigenvalue weighted by atomic mass is 127. The van der Waals surface area contributed by atoms with E-state index in [9.17, 15) is 9.59 Å². The highest BCUT2D eigenvalue weighted by molar-refractivity contribution is 14.1. The van der Waals surface area contributed by atoms with Crippen molar-refractivity contribution in [3.63, 3.8) is 0 Å². The van der Waals surface area contributed by atoms with Crippen molar-refractivity contribution in [2.75, 3.05) is 0 Å². The third-order valence-electron chi connectivity index (χ3n) is 1.90. The molecule has 0 atom stereocenters. The van der Waals surface area contributed by atoms with E-state index in [0.717, 1.165) is 9.13 Å². The molecule has 76 valence electrons. The van der Waals surface area contributed by atoms with Crippen molar-refractivity contribution in [2.45, 2.75) is 0 Å². The maximum atomic E-state index is 11.2. The van der Waals surface area contributed by atoms with Crippen molar-refractivity contribution in [1.82, 2.24) is 10.6 Å². The summed E-state index contributed by atoms with van der Waals surface area (Å²) in [7, 11) is 0. The highest BCUT2D eigenvalue weighted by Crippen LogP contribution is 2.11.